The largest absolute Gasteiger partial charge is 0.336 e. The van der Waals surface area contributed by atoms with E-state index in [1.807, 2.05) is 31.7 Å². The predicted octanol–water partition coefficient (Wildman–Crippen LogP) is 4.87. The second kappa shape index (κ2) is 8.47. The highest BCUT2D eigenvalue weighted by Crippen LogP contribution is 2.27. The molecular formula is C21H27BrN4O2. The van der Waals surface area contributed by atoms with E-state index < -0.39 is 0 Å². The average molecular weight is 447 g/mol. The van der Waals surface area contributed by atoms with Gasteiger partial charge in [-0.2, -0.15) is 5.10 Å². The third-order valence-electron chi connectivity index (χ3n) is 5.31. The Bertz CT molecular complexity index is 891. The van der Waals surface area contributed by atoms with E-state index in [-0.39, 0.29) is 23.8 Å². The Hall–Kier alpha value is -2.15. The van der Waals surface area contributed by atoms with Crippen molar-refractivity contribution in [3.63, 3.8) is 0 Å². The summed E-state index contributed by atoms with van der Waals surface area (Å²) < 4.78 is 0.684. The Kier molecular flexibility index (Phi) is 6.23. The molecule has 1 saturated heterocycles. The van der Waals surface area contributed by atoms with Crippen LogP contribution in [0.2, 0.25) is 0 Å². The van der Waals surface area contributed by atoms with Crippen molar-refractivity contribution < 1.29 is 9.59 Å². The molecule has 1 fully saturated rings. The number of carbonyl (C=O) groups is 2. The summed E-state index contributed by atoms with van der Waals surface area (Å²) in [5.41, 5.74) is 3.39. The van der Waals surface area contributed by atoms with Crippen LogP contribution in [0, 0.1) is 6.92 Å². The van der Waals surface area contributed by atoms with E-state index in [1.54, 1.807) is 12.1 Å². The fourth-order valence-electron chi connectivity index (χ4n) is 3.56. The molecule has 28 heavy (non-hydrogen) atoms. The maximum absolute atomic E-state index is 12.8. The summed E-state index contributed by atoms with van der Waals surface area (Å²) in [6.45, 7) is 8.87. The van der Waals surface area contributed by atoms with Gasteiger partial charge in [0.1, 0.15) is 0 Å². The molecule has 1 aliphatic heterocycles. The number of nitrogens with one attached hydrogen (secondary N) is 2. The van der Waals surface area contributed by atoms with Gasteiger partial charge in [0, 0.05) is 23.8 Å². The minimum absolute atomic E-state index is 0.0600. The highest BCUT2D eigenvalue weighted by atomic mass is 79.9. The number of rotatable bonds is 4. The first-order valence-corrected chi connectivity index (χ1v) is 10.6. The Balaban J connectivity index is 1.75. The maximum Gasteiger partial charge on any atom is 0.277 e. The van der Waals surface area contributed by atoms with E-state index in [1.165, 1.54) is 6.42 Å². The molecule has 0 spiro atoms. The van der Waals surface area contributed by atoms with Crippen LogP contribution in [0.25, 0.3) is 0 Å². The minimum Gasteiger partial charge on any atom is -0.336 e. The molecule has 0 bridgehead atoms. The van der Waals surface area contributed by atoms with E-state index in [0.29, 0.717) is 21.4 Å². The second-order valence-corrected chi connectivity index (χ2v) is 8.57. The number of benzene rings is 1. The fourth-order valence-corrected chi connectivity index (χ4v) is 4.37. The van der Waals surface area contributed by atoms with E-state index in [9.17, 15) is 9.59 Å². The molecule has 1 unspecified atom stereocenters. The standard InChI is InChI=1S/C21H27BrN4O2/c1-12(2)18-17(22)19(25-24-18)20(27)23-16-9-8-15(11-13(16)3)21(28)26-10-6-5-7-14(26)4/h8-9,11-12,14H,5-7,10H2,1-4H3,(H,23,27)(H,24,25). The van der Waals surface area contributed by atoms with Gasteiger partial charge in [0.15, 0.2) is 5.69 Å². The molecule has 1 atom stereocenters. The molecule has 150 valence electrons. The molecule has 0 saturated carbocycles. The van der Waals surface area contributed by atoms with E-state index in [2.05, 4.69) is 38.4 Å². The summed E-state index contributed by atoms with van der Waals surface area (Å²) >= 11 is 3.46. The monoisotopic (exact) mass is 446 g/mol. The van der Waals surface area contributed by atoms with E-state index in [0.717, 1.165) is 30.6 Å². The fraction of sp³-hybridized carbons (Fsp3) is 0.476. The zero-order valence-electron chi connectivity index (χ0n) is 16.8. The van der Waals surface area contributed by atoms with Gasteiger partial charge in [0.2, 0.25) is 0 Å². The number of nitrogens with zero attached hydrogens (tertiary/aromatic N) is 2. The zero-order valence-corrected chi connectivity index (χ0v) is 18.4. The molecule has 2 heterocycles. The van der Waals surface area contributed by atoms with Crippen molar-refractivity contribution in [1.82, 2.24) is 15.1 Å². The van der Waals surface area contributed by atoms with Gasteiger partial charge in [-0.3, -0.25) is 14.7 Å². The molecule has 0 radical (unpaired) electrons. The van der Waals surface area contributed by atoms with Gasteiger partial charge in [0.05, 0.1) is 10.2 Å². The van der Waals surface area contributed by atoms with Crippen molar-refractivity contribution in [1.29, 1.82) is 0 Å². The van der Waals surface area contributed by atoms with Crippen LogP contribution >= 0.6 is 15.9 Å². The molecule has 2 N–H and O–H groups in total. The average Bonchev–Trinajstić information content (AvgIpc) is 3.05. The number of hydrogen-bond donors (Lipinski definition) is 2. The number of halogens is 1. The van der Waals surface area contributed by atoms with Crippen LogP contribution in [0.5, 0.6) is 0 Å². The molecule has 7 heteroatoms. The highest BCUT2D eigenvalue weighted by molar-refractivity contribution is 9.10. The Labute approximate surface area is 174 Å². The number of likely N-dealkylation sites (tertiary alicyclic amines) is 1. The number of piperidine rings is 1. The van der Waals surface area contributed by atoms with Crippen LogP contribution in [0.1, 0.15) is 78.1 Å². The Morgan fingerprint density at radius 3 is 2.68 bits per heavy atom. The lowest BCUT2D eigenvalue weighted by molar-refractivity contribution is 0.0635. The van der Waals surface area contributed by atoms with Gasteiger partial charge in [-0.05, 0) is 78.7 Å². The topological polar surface area (TPSA) is 78.1 Å². The SMILES string of the molecule is Cc1cc(C(=O)N2CCCCC2C)ccc1NC(=O)c1n[nH]c(C(C)C)c1Br. The molecule has 2 amide bonds. The van der Waals surface area contributed by atoms with Crippen LogP contribution in [0.15, 0.2) is 22.7 Å². The number of anilines is 1. The molecular weight excluding hydrogens is 420 g/mol. The number of H-pyrrole nitrogens is 1. The summed E-state index contributed by atoms with van der Waals surface area (Å²) in [5, 5.41) is 9.94. The second-order valence-electron chi connectivity index (χ2n) is 7.78. The number of aromatic amines is 1. The number of carbonyl (C=O) groups excluding carboxylic acids is 2. The molecule has 1 aliphatic rings. The lowest BCUT2D eigenvalue weighted by atomic mass is 10.0. The van der Waals surface area contributed by atoms with Gasteiger partial charge in [-0.1, -0.05) is 13.8 Å². The summed E-state index contributed by atoms with van der Waals surface area (Å²) in [6.07, 6.45) is 3.28. The summed E-state index contributed by atoms with van der Waals surface area (Å²) in [6, 6.07) is 5.69. The lowest BCUT2D eigenvalue weighted by Crippen LogP contribution is -2.42. The van der Waals surface area contributed by atoms with Crippen LogP contribution in [-0.4, -0.2) is 39.5 Å². The van der Waals surface area contributed by atoms with E-state index >= 15 is 0 Å². The minimum atomic E-state index is -0.290. The van der Waals surface area contributed by atoms with E-state index in [4.69, 9.17) is 0 Å². The number of hydrogen-bond acceptors (Lipinski definition) is 3. The molecule has 2 aromatic rings. The molecule has 6 nitrogen and oxygen atoms in total. The first-order valence-electron chi connectivity index (χ1n) is 9.76. The third kappa shape index (κ3) is 4.14. The molecule has 0 aliphatic carbocycles. The predicted molar refractivity (Wildman–Crippen MR) is 114 cm³/mol. The summed E-state index contributed by atoms with van der Waals surface area (Å²) in [5.74, 6) is -0.000660. The quantitative estimate of drug-likeness (QED) is 0.702. The van der Waals surface area contributed by atoms with Crippen LogP contribution in [-0.2, 0) is 0 Å². The molecule has 1 aromatic heterocycles. The summed E-state index contributed by atoms with van der Waals surface area (Å²) in [4.78, 5) is 27.4. The van der Waals surface area contributed by atoms with Crippen molar-refractivity contribution >= 4 is 33.4 Å². The number of amides is 2. The number of aryl methyl sites for hydroxylation is 1. The normalized spacial score (nSPS) is 17.1. The molecule has 3 rings (SSSR count). The van der Waals surface area contributed by atoms with Gasteiger partial charge in [-0.25, -0.2) is 0 Å². The Morgan fingerprint density at radius 2 is 2.07 bits per heavy atom. The van der Waals surface area contributed by atoms with Crippen molar-refractivity contribution in [2.24, 2.45) is 0 Å². The van der Waals surface area contributed by atoms with Crippen LogP contribution in [0.4, 0.5) is 5.69 Å². The van der Waals surface area contributed by atoms with Crippen molar-refractivity contribution in [2.75, 3.05) is 11.9 Å². The molecule has 1 aromatic carbocycles. The van der Waals surface area contributed by atoms with Crippen LogP contribution < -0.4 is 5.32 Å². The lowest BCUT2D eigenvalue weighted by Gasteiger charge is -2.33. The number of aromatic nitrogens is 2. The Morgan fingerprint density at radius 1 is 1.32 bits per heavy atom. The third-order valence-corrected chi connectivity index (χ3v) is 6.11. The van der Waals surface area contributed by atoms with Gasteiger partial charge in [0.25, 0.3) is 11.8 Å². The van der Waals surface area contributed by atoms with Gasteiger partial charge < -0.3 is 10.2 Å². The first-order chi connectivity index (χ1) is 13.3. The van der Waals surface area contributed by atoms with Crippen LogP contribution in [0.3, 0.4) is 0 Å². The maximum atomic E-state index is 12.8. The van der Waals surface area contributed by atoms with Crippen molar-refractivity contribution in [3.8, 4) is 0 Å². The first kappa shape index (κ1) is 20.6. The summed E-state index contributed by atoms with van der Waals surface area (Å²) in [7, 11) is 0. The smallest absolute Gasteiger partial charge is 0.277 e. The van der Waals surface area contributed by atoms with Crippen molar-refractivity contribution in [3.05, 3.63) is 45.2 Å². The highest BCUT2D eigenvalue weighted by Gasteiger charge is 2.25. The van der Waals surface area contributed by atoms with Crippen molar-refractivity contribution in [2.45, 2.75) is 58.9 Å². The van der Waals surface area contributed by atoms with Gasteiger partial charge in [-0.15, -0.1) is 0 Å². The zero-order chi connectivity index (χ0) is 20.4. The van der Waals surface area contributed by atoms with Gasteiger partial charge >= 0.3 is 0 Å².